The Morgan fingerprint density at radius 2 is 1.59 bits per heavy atom. The van der Waals surface area contributed by atoms with Gasteiger partial charge in [0.05, 0.1) is 36.1 Å². The van der Waals surface area contributed by atoms with Crippen LogP contribution in [0, 0.1) is 0 Å². The molecule has 0 aliphatic rings. The van der Waals surface area contributed by atoms with Gasteiger partial charge in [0.15, 0.2) is 0 Å². The minimum Gasteiger partial charge on any atom is -0.493 e. The number of rotatable bonds is 10. The van der Waals surface area contributed by atoms with Crippen LogP contribution < -0.4 is 10.1 Å². The maximum absolute atomic E-state index is 13.6. The number of para-hydroxylation sites is 2. The van der Waals surface area contributed by atoms with Crippen LogP contribution in [0.15, 0.2) is 122 Å². The van der Waals surface area contributed by atoms with Gasteiger partial charge >= 0.3 is 0 Å². The average molecular weight is 650 g/mol. The molecule has 0 aliphatic heterocycles. The molecule has 7 aromatic rings. The smallest absolute Gasteiger partial charge is 0.255 e. The largest absolute Gasteiger partial charge is 0.493 e. The zero-order chi connectivity index (χ0) is 34.0. The molecule has 9 heteroatoms. The number of hydrogen-bond donors (Lipinski definition) is 1. The molecule has 3 heterocycles. The van der Waals surface area contributed by atoms with E-state index in [0.717, 1.165) is 39.3 Å². The summed E-state index contributed by atoms with van der Waals surface area (Å²) in [5.41, 5.74) is 7.73. The zero-order valence-corrected chi connectivity index (χ0v) is 28.2. The molecule has 4 aromatic carbocycles. The molecule has 0 saturated heterocycles. The van der Waals surface area contributed by atoms with E-state index in [4.69, 9.17) is 9.84 Å². The van der Waals surface area contributed by atoms with Crippen LogP contribution in [0.3, 0.4) is 0 Å². The highest BCUT2D eigenvalue weighted by molar-refractivity contribution is 6.00. The van der Waals surface area contributed by atoms with Gasteiger partial charge in [-0.05, 0) is 75.2 Å². The summed E-state index contributed by atoms with van der Waals surface area (Å²) in [7, 11) is 0. The summed E-state index contributed by atoms with van der Waals surface area (Å²) in [6, 6.07) is 36.7. The van der Waals surface area contributed by atoms with Crippen molar-refractivity contribution in [3.63, 3.8) is 0 Å². The van der Waals surface area contributed by atoms with Crippen molar-refractivity contribution < 1.29 is 9.53 Å². The monoisotopic (exact) mass is 649 g/mol. The van der Waals surface area contributed by atoms with E-state index in [1.54, 1.807) is 4.68 Å². The number of hydrogen-bond acceptors (Lipinski definition) is 5. The molecule has 9 nitrogen and oxygen atoms in total. The topological polar surface area (TPSA) is 91.8 Å². The Morgan fingerprint density at radius 3 is 2.37 bits per heavy atom. The second kappa shape index (κ2) is 13.3. The zero-order valence-electron chi connectivity index (χ0n) is 28.2. The minimum absolute atomic E-state index is 0.200. The van der Waals surface area contributed by atoms with E-state index >= 15 is 0 Å². The number of nitrogens with one attached hydrogen (secondary N) is 1. The molecule has 0 fully saturated rings. The third kappa shape index (κ3) is 6.60. The van der Waals surface area contributed by atoms with E-state index in [0.29, 0.717) is 36.7 Å². The van der Waals surface area contributed by atoms with Crippen molar-refractivity contribution in [2.24, 2.45) is 0 Å². The van der Waals surface area contributed by atoms with E-state index in [-0.39, 0.29) is 11.4 Å². The molecule has 3 aromatic heterocycles. The first-order valence-corrected chi connectivity index (χ1v) is 16.5. The van der Waals surface area contributed by atoms with E-state index in [1.807, 2.05) is 78.6 Å². The Morgan fingerprint density at radius 1 is 0.857 bits per heavy atom. The highest BCUT2D eigenvalue weighted by atomic mass is 16.5. The second-order valence-corrected chi connectivity index (χ2v) is 13.0. The van der Waals surface area contributed by atoms with Gasteiger partial charge in [0.1, 0.15) is 17.1 Å². The maximum atomic E-state index is 13.6. The Balaban J connectivity index is 1.07. The third-order valence-electron chi connectivity index (χ3n) is 8.48. The molecule has 0 atom stereocenters. The van der Waals surface area contributed by atoms with Gasteiger partial charge < -0.3 is 14.6 Å². The molecule has 1 amide bonds. The van der Waals surface area contributed by atoms with Crippen molar-refractivity contribution in [1.29, 1.82) is 0 Å². The van der Waals surface area contributed by atoms with Gasteiger partial charge in [-0.1, -0.05) is 78.0 Å². The van der Waals surface area contributed by atoms with Gasteiger partial charge in [0, 0.05) is 34.9 Å². The van der Waals surface area contributed by atoms with E-state index in [2.05, 4.69) is 95.6 Å². The fourth-order valence-corrected chi connectivity index (χ4v) is 5.96. The van der Waals surface area contributed by atoms with Crippen molar-refractivity contribution in [3.05, 3.63) is 138 Å². The van der Waals surface area contributed by atoms with Crippen LogP contribution in [-0.4, -0.2) is 41.9 Å². The second-order valence-electron chi connectivity index (χ2n) is 13.0. The number of amides is 1. The van der Waals surface area contributed by atoms with Crippen LogP contribution >= 0.6 is 0 Å². The van der Waals surface area contributed by atoms with Crippen LogP contribution in [-0.2, 0) is 18.6 Å². The molecular formula is C40H39N7O2. The summed E-state index contributed by atoms with van der Waals surface area (Å²) in [5, 5.41) is 18.1. The standard InChI is InChI=1S/C40H39N7O2/c1-5-49-37-18-12-10-16-33(37)38-34(27-47(43-38)40(2,3)4)39(48)41-24-28-19-21-32(22-20-28)46-26-31(42-44-46)25-45-35-17-11-9-15-30(35)23-36(45)29-13-7-6-8-14-29/h6-23,26-27H,5,24-25H2,1-4H3,(H,41,48). The minimum atomic E-state index is -0.301. The predicted molar refractivity (Wildman–Crippen MR) is 193 cm³/mol. The SMILES string of the molecule is CCOc1ccccc1-c1nn(C(C)(C)C)cc1C(=O)NCc1ccc(-n2cc(Cn3c(-c4ccccc4)cc4ccccc43)nn2)cc1. The first-order valence-electron chi connectivity index (χ1n) is 16.5. The number of carbonyl (C=O) groups is 1. The number of nitrogens with zero attached hydrogens (tertiary/aromatic N) is 6. The fraction of sp³-hybridized carbons (Fsp3) is 0.200. The van der Waals surface area contributed by atoms with Gasteiger partial charge in [-0.2, -0.15) is 5.10 Å². The lowest BCUT2D eigenvalue weighted by atomic mass is 10.1. The molecule has 0 bridgehead atoms. The van der Waals surface area contributed by atoms with Crippen molar-refractivity contribution in [2.75, 3.05) is 6.61 Å². The quantitative estimate of drug-likeness (QED) is 0.163. The van der Waals surface area contributed by atoms with Gasteiger partial charge in [0.25, 0.3) is 5.91 Å². The van der Waals surface area contributed by atoms with Crippen molar-refractivity contribution in [2.45, 2.75) is 46.3 Å². The summed E-state index contributed by atoms with van der Waals surface area (Å²) in [5.74, 6) is 0.498. The number of ether oxygens (including phenoxy) is 1. The van der Waals surface area contributed by atoms with Gasteiger partial charge in [-0.25, -0.2) is 4.68 Å². The summed E-state index contributed by atoms with van der Waals surface area (Å²) in [4.78, 5) is 13.6. The average Bonchev–Trinajstić information content (AvgIpc) is 3.87. The number of carbonyl (C=O) groups excluding carboxylic acids is 1. The lowest BCUT2D eigenvalue weighted by molar-refractivity contribution is 0.0951. The normalized spacial score (nSPS) is 11.6. The van der Waals surface area contributed by atoms with Crippen molar-refractivity contribution in [1.82, 2.24) is 34.7 Å². The molecule has 0 spiro atoms. The van der Waals surface area contributed by atoms with E-state index in [9.17, 15) is 4.79 Å². The summed E-state index contributed by atoms with van der Waals surface area (Å²) in [6.07, 6.45) is 3.78. The fourth-order valence-electron chi connectivity index (χ4n) is 5.96. The Bertz CT molecular complexity index is 2220. The first kappa shape index (κ1) is 31.6. The number of aromatic nitrogens is 6. The van der Waals surface area contributed by atoms with Crippen molar-refractivity contribution >= 4 is 16.8 Å². The molecular weight excluding hydrogens is 610 g/mol. The summed E-state index contributed by atoms with van der Waals surface area (Å²) in [6.45, 7) is 9.59. The molecule has 0 radical (unpaired) electrons. The molecule has 49 heavy (non-hydrogen) atoms. The summed E-state index contributed by atoms with van der Waals surface area (Å²) < 4.78 is 11.8. The molecule has 0 unspecified atom stereocenters. The van der Waals surface area contributed by atoms with E-state index < -0.39 is 0 Å². The first-order chi connectivity index (χ1) is 23.8. The Kier molecular flexibility index (Phi) is 8.57. The predicted octanol–water partition coefficient (Wildman–Crippen LogP) is 7.88. The molecule has 246 valence electrons. The van der Waals surface area contributed by atoms with Crippen LogP contribution in [0.2, 0.25) is 0 Å². The molecule has 0 saturated carbocycles. The Labute approximate surface area is 285 Å². The molecule has 7 rings (SSSR count). The van der Waals surface area contributed by atoms with Crippen LogP contribution in [0.5, 0.6) is 5.75 Å². The van der Waals surface area contributed by atoms with Gasteiger partial charge in [-0.3, -0.25) is 9.48 Å². The lowest BCUT2D eigenvalue weighted by Crippen LogP contribution is -2.24. The highest BCUT2D eigenvalue weighted by Gasteiger charge is 2.24. The number of benzene rings is 4. The van der Waals surface area contributed by atoms with Crippen LogP contribution in [0.25, 0.3) is 39.1 Å². The lowest BCUT2D eigenvalue weighted by Gasteiger charge is -2.18. The number of fused-ring (bicyclic) bond motifs is 1. The molecule has 1 N–H and O–H groups in total. The highest BCUT2D eigenvalue weighted by Crippen LogP contribution is 2.33. The molecule has 0 aliphatic carbocycles. The Hall–Kier alpha value is -5.96. The maximum Gasteiger partial charge on any atom is 0.255 e. The van der Waals surface area contributed by atoms with Crippen LogP contribution in [0.4, 0.5) is 0 Å². The third-order valence-corrected chi connectivity index (χ3v) is 8.48. The van der Waals surface area contributed by atoms with Gasteiger partial charge in [-0.15, -0.1) is 5.10 Å². The van der Waals surface area contributed by atoms with E-state index in [1.165, 1.54) is 5.39 Å². The van der Waals surface area contributed by atoms with Crippen LogP contribution in [0.1, 0.15) is 49.3 Å². The van der Waals surface area contributed by atoms with Crippen molar-refractivity contribution in [3.8, 4) is 34.0 Å². The summed E-state index contributed by atoms with van der Waals surface area (Å²) >= 11 is 0. The van der Waals surface area contributed by atoms with Gasteiger partial charge in [0.2, 0.25) is 0 Å².